The fraction of sp³-hybridized carbons (Fsp3) is 0.167. The van der Waals surface area contributed by atoms with Crippen molar-refractivity contribution in [3.05, 3.63) is 59.9 Å². The van der Waals surface area contributed by atoms with Gasteiger partial charge in [-0.3, -0.25) is 9.59 Å². The van der Waals surface area contributed by atoms with Crippen LogP contribution in [0.5, 0.6) is 5.75 Å². The zero-order valence-electron chi connectivity index (χ0n) is 13.9. The van der Waals surface area contributed by atoms with Gasteiger partial charge in [-0.1, -0.05) is 0 Å². The minimum absolute atomic E-state index is 0.000267. The Kier molecular flexibility index (Phi) is 6.22. The molecule has 7 heteroatoms. The van der Waals surface area contributed by atoms with Crippen LogP contribution in [0.2, 0.25) is 0 Å². The van der Waals surface area contributed by atoms with Crippen molar-refractivity contribution in [1.29, 1.82) is 0 Å². The lowest BCUT2D eigenvalue weighted by atomic mass is 10.2. The molecule has 25 heavy (non-hydrogen) atoms. The maximum absolute atomic E-state index is 12.8. The van der Waals surface area contributed by atoms with E-state index in [0.29, 0.717) is 22.7 Å². The number of hydrogen-bond donors (Lipinski definition) is 2. The normalized spacial score (nSPS) is 10.9. The molecule has 2 rings (SSSR count). The lowest BCUT2D eigenvalue weighted by Gasteiger charge is -2.06. The van der Waals surface area contributed by atoms with Gasteiger partial charge in [0.1, 0.15) is 11.6 Å². The van der Waals surface area contributed by atoms with Crippen LogP contribution in [0.25, 0.3) is 0 Å². The van der Waals surface area contributed by atoms with Crippen LogP contribution in [0.1, 0.15) is 23.7 Å². The van der Waals surface area contributed by atoms with E-state index in [1.807, 2.05) is 0 Å². The highest BCUT2D eigenvalue weighted by atomic mass is 19.1. The molecule has 0 aliphatic carbocycles. The molecule has 0 spiro atoms. The summed E-state index contributed by atoms with van der Waals surface area (Å²) in [5.41, 5.74) is 3.74. The minimum atomic E-state index is -0.388. The lowest BCUT2D eigenvalue weighted by molar-refractivity contribution is -0.115. The van der Waals surface area contributed by atoms with Crippen molar-refractivity contribution in [2.75, 3.05) is 12.4 Å². The molecule has 0 bridgehead atoms. The molecule has 0 aliphatic rings. The third kappa shape index (κ3) is 5.72. The molecular weight excluding hydrogens is 325 g/mol. The molecule has 0 radical (unpaired) electrons. The molecule has 0 saturated heterocycles. The van der Waals surface area contributed by atoms with E-state index in [1.165, 1.54) is 24.3 Å². The number of hydrazone groups is 1. The summed E-state index contributed by atoms with van der Waals surface area (Å²) in [6.45, 7) is 1.62. The van der Waals surface area contributed by atoms with Gasteiger partial charge in [-0.2, -0.15) is 5.10 Å². The fourth-order valence-corrected chi connectivity index (χ4v) is 1.96. The highest BCUT2D eigenvalue weighted by molar-refractivity contribution is 6.06. The number of rotatable bonds is 6. The molecule has 130 valence electrons. The fourth-order valence-electron chi connectivity index (χ4n) is 1.96. The van der Waals surface area contributed by atoms with Gasteiger partial charge in [-0.05, 0) is 55.5 Å². The van der Waals surface area contributed by atoms with Gasteiger partial charge in [0, 0.05) is 17.0 Å². The number of halogens is 1. The Morgan fingerprint density at radius 3 is 2.32 bits per heavy atom. The van der Waals surface area contributed by atoms with Crippen molar-refractivity contribution in [2.24, 2.45) is 5.10 Å². The van der Waals surface area contributed by atoms with Crippen LogP contribution in [-0.2, 0) is 4.79 Å². The topological polar surface area (TPSA) is 79.8 Å². The number of anilines is 1. The molecule has 0 aromatic heterocycles. The van der Waals surface area contributed by atoms with Crippen molar-refractivity contribution in [3.8, 4) is 5.75 Å². The monoisotopic (exact) mass is 343 g/mol. The van der Waals surface area contributed by atoms with E-state index in [2.05, 4.69) is 15.8 Å². The molecule has 0 fully saturated rings. The van der Waals surface area contributed by atoms with Gasteiger partial charge in [0.15, 0.2) is 0 Å². The summed E-state index contributed by atoms with van der Waals surface area (Å²) in [4.78, 5) is 23.8. The predicted octanol–water partition coefficient (Wildman–Crippen LogP) is 2.97. The van der Waals surface area contributed by atoms with E-state index in [1.54, 1.807) is 38.3 Å². The Bertz CT molecular complexity index is 771. The van der Waals surface area contributed by atoms with E-state index >= 15 is 0 Å². The van der Waals surface area contributed by atoms with E-state index < -0.39 is 0 Å². The van der Waals surface area contributed by atoms with Gasteiger partial charge in [-0.15, -0.1) is 0 Å². The minimum Gasteiger partial charge on any atom is -0.497 e. The first kappa shape index (κ1) is 18.1. The molecular formula is C18H18FN3O3. The first-order valence-electron chi connectivity index (χ1n) is 7.51. The van der Waals surface area contributed by atoms with E-state index in [4.69, 9.17) is 4.74 Å². The van der Waals surface area contributed by atoms with Crippen LogP contribution in [0.4, 0.5) is 10.1 Å². The Morgan fingerprint density at radius 2 is 1.72 bits per heavy atom. The molecule has 0 aliphatic heterocycles. The number of carbonyl (C=O) groups excluding carboxylic acids is 2. The van der Waals surface area contributed by atoms with Crippen LogP contribution in [-0.4, -0.2) is 24.6 Å². The van der Waals surface area contributed by atoms with E-state index in [-0.39, 0.29) is 24.1 Å². The standard InChI is InChI=1S/C18H18FN3O3/c1-12(11-17(23)20-15-7-5-14(19)6-8-15)21-22-18(24)13-3-9-16(25-2)10-4-13/h3-10H,11H2,1-2H3,(H,20,23)(H,22,24). The van der Waals surface area contributed by atoms with Gasteiger partial charge >= 0.3 is 0 Å². The van der Waals surface area contributed by atoms with E-state index in [9.17, 15) is 14.0 Å². The Balaban J connectivity index is 1.86. The third-order valence-electron chi connectivity index (χ3n) is 3.24. The number of methoxy groups -OCH3 is 1. The van der Waals surface area contributed by atoms with Gasteiger partial charge in [-0.25, -0.2) is 9.82 Å². The smallest absolute Gasteiger partial charge is 0.271 e. The molecule has 2 aromatic carbocycles. The highest BCUT2D eigenvalue weighted by Crippen LogP contribution is 2.11. The second-order valence-corrected chi connectivity index (χ2v) is 5.25. The number of amides is 2. The zero-order valence-corrected chi connectivity index (χ0v) is 13.9. The molecule has 2 amide bonds. The van der Waals surface area contributed by atoms with Crippen molar-refractivity contribution < 1.29 is 18.7 Å². The van der Waals surface area contributed by atoms with Crippen LogP contribution in [0, 0.1) is 5.82 Å². The van der Waals surface area contributed by atoms with Gasteiger partial charge in [0.25, 0.3) is 5.91 Å². The van der Waals surface area contributed by atoms with Gasteiger partial charge < -0.3 is 10.1 Å². The highest BCUT2D eigenvalue weighted by Gasteiger charge is 2.07. The summed E-state index contributed by atoms with van der Waals surface area (Å²) in [7, 11) is 1.54. The quantitative estimate of drug-likeness (QED) is 0.625. The lowest BCUT2D eigenvalue weighted by Crippen LogP contribution is -2.21. The summed E-state index contributed by atoms with van der Waals surface area (Å²) < 4.78 is 17.8. The molecule has 2 aromatic rings. The Morgan fingerprint density at radius 1 is 1.08 bits per heavy atom. The maximum atomic E-state index is 12.8. The second kappa shape index (κ2) is 8.58. The predicted molar refractivity (Wildman–Crippen MR) is 93.2 cm³/mol. The molecule has 2 N–H and O–H groups in total. The number of nitrogens with zero attached hydrogens (tertiary/aromatic N) is 1. The van der Waals surface area contributed by atoms with Crippen LogP contribution < -0.4 is 15.5 Å². The summed E-state index contributed by atoms with van der Waals surface area (Å²) >= 11 is 0. The Labute approximate surface area is 144 Å². The van der Waals surface area contributed by atoms with Gasteiger partial charge in [0.05, 0.1) is 13.5 Å². The average Bonchev–Trinajstić information content (AvgIpc) is 2.61. The average molecular weight is 343 g/mol. The molecule has 0 atom stereocenters. The number of ether oxygens (including phenoxy) is 1. The number of carbonyl (C=O) groups is 2. The van der Waals surface area contributed by atoms with Crippen molar-refractivity contribution in [2.45, 2.75) is 13.3 Å². The molecule has 6 nitrogen and oxygen atoms in total. The van der Waals surface area contributed by atoms with Crippen LogP contribution >= 0.6 is 0 Å². The summed E-state index contributed by atoms with van der Waals surface area (Å²) in [6.07, 6.45) is 0.000267. The largest absolute Gasteiger partial charge is 0.497 e. The van der Waals surface area contributed by atoms with Crippen molar-refractivity contribution >= 4 is 23.2 Å². The van der Waals surface area contributed by atoms with E-state index in [0.717, 1.165) is 0 Å². The van der Waals surface area contributed by atoms with Crippen LogP contribution in [0.3, 0.4) is 0 Å². The Hall–Kier alpha value is -3.22. The second-order valence-electron chi connectivity index (χ2n) is 5.25. The maximum Gasteiger partial charge on any atom is 0.271 e. The first-order chi connectivity index (χ1) is 12.0. The number of nitrogens with one attached hydrogen (secondary N) is 2. The molecule has 0 saturated carbocycles. The van der Waals surface area contributed by atoms with Crippen molar-refractivity contribution in [1.82, 2.24) is 5.43 Å². The van der Waals surface area contributed by atoms with Crippen LogP contribution in [0.15, 0.2) is 53.6 Å². The number of hydrogen-bond acceptors (Lipinski definition) is 4. The zero-order chi connectivity index (χ0) is 18.2. The summed E-state index contributed by atoms with van der Waals surface area (Å²) in [6, 6.07) is 12.0. The number of benzene rings is 2. The third-order valence-corrected chi connectivity index (χ3v) is 3.24. The SMILES string of the molecule is COc1ccc(C(=O)NN=C(C)CC(=O)Nc2ccc(F)cc2)cc1. The van der Waals surface area contributed by atoms with Gasteiger partial charge in [0.2, 0.25) is 5.91 Å². The van der Waals surface area contributed by atoms with Crippen molar-refractivity contribution in [3.63, 3.8) is 0 Å². The molecule has 0 heterocycles. The molecule has 0 unspecified atom stereocenters. The first-order valence-corrected chi connectivity index (χ1v) is 7.51. The summed E-state index contributed by atoms with van der Waals surface area (Å²) in [5.74, 6) is -0.432. The summed E-state index contributed by atoms with van der Waals surface area (Å²) in [5, 5.41) is 6.52.